The number of rotatable bonds is 5. The van der Waals surface area contributed by atoms with Crippen LogP contribution < -0.4 is 8.90 Å². The van der Waals surface area contributed by atoms with Gasteiger partial charge in [-0.3, -0.25) is 0 Å². The van der Waals surface area contributed by atoms with E-state index in [4.69, 9.17) is 4.74 Å². The summed E-state index contributed by atoms with van der Waals surface area (Å²) in [5.74, 6) is -1.07. The Labute approximate surface area is 142 Å². The van der Waals surface area contributed by atoms with E-state index in [1.54, 1.807) is 20.8 Å². The molecule has 0 unspecified atom stereocenters. The third-order valence-corrected chi connectivity index (χ3v) is 9.14. The minimum atomic E-state index is -2.10. The molecule has 1 aromatic rings. The molecule has 0 aliphatic rings. The first-order valence-electron chi connectivity index (χ1n) is 7.70. The molecule has 0 aliphatic heterocycles. The van der Waals surface area contributed by atoms with Crippen molar-refractivity contribution < 1.29 is 19.4 Å². The number of hydrogen-bond acceptors (Lipinski definition) is 3. The van der Waals surface area contributed by atoms with Crippen LogP contribution in [0.5, 0.6) is 0 Å². The van der Waals surface area contributed by atoms with E-state index >= 15 is 0 Å². The minimum absolute atomic E-state index is 0.231. The third-order valence-electron chi connectivity index (χ3n) is 3.25. The first-order chi connectivity index (χ1) is 10.4. The Balaban J connectivity index is 2.77. The second kappa shape index (κ2) is 7.55. The molecule has 1 atom stereocenters. The number of aliphatic carboxylic acids is 1. The van der Waals surface area contributed by atoms with Crippen LogP contribution in [0.2, 0.25) is 14.8 Å². The quantitative estimate of drug-likeness (QED) is 0.708. The SMILES string of the molecule is CC(C)(C)OC(=O)N[C@H](Cc1cc[c]([Sn]([CH3])([CH3])[CH3])cc1)C(=O)O. The van der Waals surface area contributed by atoms with Crippen molar-refractivity contribution in [3.05, 3.63) is 29.8 Å². The number of carbonyl (C=O) groups excluding carboxylic acids is 1. The van der Waals surface area contributed by atoms with Crippen LogP contribution in [-0.4, -0.2) is 47.2 Å². The number of ether oxygens (including phenoxy) is 1. The van der Waals surface area contributed by atoms with Gasteiger partial charge in [0, 0.05) is 0 Å². The second-order valence-electron chi connectivity index (χ2n) is 7.69. The van der Waals surface area contributed by atoms with Crippen molar-refractivity contribution in [2.45, 2.75) is 53.7 Å². The van der Waals surface area contributed by atoms with E-state index in [1.165, 1.54) is 3.58 Å². The summed E-state index contributed by atoms with van der Waals surface area (Å²) in [6.45, 7) is 5.21. The fourth-order valence-corrected chi connectivity index (χ4v) is 5.36. The molecule has 0 heterocycles. The molecule has 23 heavy (non-hydrogen) atoms. The van der Waals surface area contributed by atoms with Crippen molar-refractivity contribution in [2.75, 3.05) is 0 Å². The molecular formula is C17H27NO4Sn. The van der Waals surface area contributed by atoms with E-state index < -0.39 is 42.1 Å². The van der Waals surface area contributed by atoms with Crippen LogP contribution in [0.15, 0.2) is 24.3 Å². The molecule has 1 amide bonds. The Morgan fingerprint density at radius 3 is 2.09 bits per heavy atom. The molecule has 6 heteroatoms. The van der Waals surface area contributed by atoms with Gasteiger partial charge in [-0.2, -0.15) is 0 Å². The van der Waals surface area contributed by atoms with Gasteiger partial charge in [0.2, 0.25) is 0 Å². The number of alkyl carbamates (subject to hydrolysis) is 1. The van der Waals surface area contributed by atoms with Crippen molar-refractivity contribution in [3.8, 4) is 0 Å². The average Bonchev–Trinajstić information content (AvgIpc) is 2.35. The molecule has 1 rings (SSSR count). The number of hydrogen-bond donors (Lipinski definition) is 2. The fourth-order valence-electron chi connectivity index (χ4n) is 2.03. The Morgan fingerprint density at radius 2 is 1.70 bits per heavy atom. The molecule has 128 valence electrons. The monoisotopic (exact) mass is 429 g/mol. The summed E-state index contributed by atoms with van der Waals surface area (Å²) < 4.78 is 6.50. The van der Waals surface area contributed by atoms with Crippen molar-refractivity contribution >= 4 is 34.0 Å². The van der Waals surface area contributed by atoms with Crippen LogP contribution in [0.1, 0.15) is 26.3 Å². The summed E-state index contributed by atoms with van der Waals surface area (Å²) in [5, 5.41) is 11.7. The third kappa shape index (κ3) is 7.24. The van der Waals surface area contributed by atoms with E-state index in [9.17, 15) is 14.7 Å². The molecule has 0 saturated carbocycles. The molecular weight excluding hydrogens is 401 g/mol. The van der Waals surface area contributed by atoms with Crippen molar-refractivity contribution in [3.63, 3.8) is 0 Å². The Morgan fingerprint density at radius 1 is 1.17 bits per heavy atom. The summed E-state index contributed by atoms with van der Waals surface area (Å²) in [4.78, 5) is 30.1. The predicted molar refractivity (Wildman–Crippen MR) is 93.9 cm³/mol. The van der Waals surface area contributed by atoms with E-state index in [0.29, 0.717) is 0 Å². The predicted octanol–water partition coefficient (Wildman–Crippen LogP) is 2.75. The van der Waals surface area contributed by atoms with Gasteiger partial charge >= 0.3 is 142 Å². The van der Waals surface area contributed by atoms with Crippen molar-refractivity contribution in [1.82, 2.24) is 5.32 Å². The van der Waals surface area contributed by atoms with Gasteiger partial charge in [0.15, 0.2) is 0 Å². The average molecular weight is 428 g/mol. The van der Waals surface area contributed by atoms with Crippen LogP contribution in [0.3, 0.4) is 0 Å². The molecule has 1 aromatic carbocycles. The van der Waals surface area contributed by atoms with Gasteiger partial charge in [-0.25, -0.2) is 0 Å². The van der Waals surface area contributed by atoms with Crippen LogP contribution >= 0.6 is 0 Å². The summed E-state index contributed by atoms with van der Waals surface area (Å²) in [7, 11) is 0. The molecule has 0 fully saturated rings. The molecule has 0 spiro atoms. The van der Waals surface area contributed by atoms with Crippen LogP contribution in [0.4, 0.5) is 4.79 Å². The number of carboxylic acid groups (broad SMARTS) is 1. The van der Waals surface area contributed by atoms with Gasteiger partial charge in [0.1, 0.15) is 0 Å². The maximum atomic E-state index is 11.8. The van der Waals surface area contributed by atoms with Gasteiger partial charge in [-0.1, -0.05) is 0 Å². The summed E-state index contributed by atoms with van der Waals surface area (Å²) in [6, 6.07) is 7.05. The topological polar surface area (TPSA) is 75.6 Å². The van der Waals surface area contributed by atoms with Gasteiger partial charge in [-0.15, -0.1) is 0 Å². The van der Waals surface area contributed by atoms with Crippen LogP contribution in [0, 0.1) is 0 Å². The number of carboxylic acids is 1. The summed E-state index contributed by atoms with van der Waals surface area (Å²) >= 11 is -2.10. The Bertz CT molecular complexity index is 555. The van der Waals surface area contributed by atoms with Gasteiger partial charge in [-0.05, 0) is 0 Å². The number of benzene rings is 1. The van der Waals surface area contributed by atoms with Crippen molar-refractivity contribution in [2.24, 2.45) is 0 Å². The first kappa shape index (κ1) is 19.8. The summed E-state index contributed by atoms with van der Waals surface area (Å²) in [5.41, 5.74) is 0.224. The molecule has 0 bridgehead atoms. The normalized spacial score (nSPS) is 13.3. The summed E-state index contributed by atoms with van der Waals surface area (Å²) in [6.07, 6.45) is -0.485. The maximum absolute atomic E-state index is 11.8. The van der Waals surface area contributed by atoms with E-state index in [0.717, 1.165) is 5.56 Å². The van der Waals surface area contributed by atoms with E-state index in [1.807, 2.05) is 12.1 Å². The Kier molecular flexibility index (Phi) is 6.50. The zero-order valence-corrected chi connectivity index (χ0v) is 17.6. The van der Waals surface area contributed by atoms with Gasteiger partial charge in [0.25, 0.3) is 0 Å². The zero-order valence-electron chi connectivity index (χ0n) is 14.8. The van der Waals surface area contributed by atoms with Crippen LogP contribution in [-0.2, 0) is 16.0 Å². The van der Waals surface area contributed by atoms with Crippen molar-refractivity contribution in [1.29, 1.82) is 0 Å². The van der Waals surface area contributed by atoms with Gasteiger partial charge < -0.3 is 0 Å². The molecule has 2 N–H and O–H groups in total. The number of carbonyl (C=O) groups is 2. The van der Waals surface area contributed by atoms with E-state index in [-0.39, 0.29) is 6.42 Å². The molecule has 0 aliphatic carbocycles. The fraction of sp³-hybridized carbons (Fsp3) is 0.529. The second-order valence-corrected chi connectivity index (χ2v) is 22.2. The molecule has 0 radical (unpaired) electrons. The molecule has 5 nitrogen and oxygen atoms in total. The van der Waals surface area contributed by atoms with Gasteiger partial charge in [0.05, 0.1) is 0 Å². The number of nitrogens with one attached hydrogen (secondary N) is 1. The molecule has 0 aromatic heterocycles. The molecule has 0 saturated heterocycles. The van der Waals surface area contributed by atoms with Crippen LogP contribution in [0.25, 0.3) is 0 Å². The standard InChI is InChI=1S/C14H18NO4.3CH3.Sn/c1-14(2,3)19-13(18)15-11(12(16)17)9-10-7-5-4-6-8-10;;;;/h5-8,11H,9H2,1-3H3,(H,15,18)(H,16,17);3*1H3;/t11-;;;;/m1..../s1. The van der Waals surface area contributed by atoms with E-state index in [2.05, 4.69) is 32.3 Å². The zero-order chi connectivity index (χ0) is 17.8. The number of amides is 1. The Hall–Kier alpha value is -1.24. The first-order valence-corrected chi connectivity index (χ1v) is 17.7.